The van der Waals surface area contributed by atoms with Crippen LogP contribution in [0, 0.1) is 0 Å². The first-order chi connectivity index (χ1) is 12.2. The van der Waals surface area contributed by atoms with Gasteiger partial charge in [0.1, 0.15) is 11.8 Å². The highest BCUT2D eigenvalue weighted by molar-refractivity contribution is 5.90. The van der Waals surface area contributed by atoms with Crippen molar-refractivity contribution in [2.75, 3.05) is 32.8 Å². The van der Waals surface area contributed by atoms with Crippen LogP contribution >= 0.6 is 0 Å². The van der Waals surface area contributed by atoms with Gasteiger partial charge in [0.05, 0.1) is 13.2 Å². The summed E-state index contributed by atoms with van der Waals surface area (Å²) >= 11 is 0. The Hall–Kier alpha value is -2.08. The van der Waals surface area contributed by atoms with E-state index in [4.69, 9.17) is 9.47 Å². The quantitative estimate of drug-likeness (QED) is 0.810. The Morgan fingerprint density at radius 1 is 1.00 bits per heavy atom. The number of ether oxygens (including phenoxy) is 2. The lowest BCUT2D eigenvalue weighted by molar-refractivity contribution is -0.153. The molecule has 4 rings (SSSR count). The maximum absolute atomic E-state index is 13.1. The zero-order valence-corrected chi connectivity index (χ0v) is 14.4. The largest absolute Gasteiger partial charge is 0.480 e. The predicted octanol–water partition coefficient (Wildman–Crippen LogP) is 1.23. The Balaban J connectivity index is 1.47. The molecule has 0 bridgehead atoms. The molecular formula is C19H24N2O4. The van der Waals surface area contributed by atoms with E-state index in [1.165, 1.54) is 0 Å². The van der Waals surface area contributed by atoms with Gasteiger partial charge in [0.15, 0.2) is 6.10 Å². The monoisotopic (exact) mass is 344 g/mol. The van der Waals surface area contributed by atoms with E-state index in [-0.39, 0.29) is 17.9 Å². The summed E-state index contributed by atoms with van der Waals surface area (Å²) in [5, 5.41) is 0. The van der Waals surface area contributed by atoms with E-state index in [1.54, 1.807) is 4.90 Å². The molecule has 0 aromatic heterocycles. The molecule has 0 saturated carbocycles. The summed E-state index contributed by atoms with van der Waals surface area (Å²) in [6.07, 6.45) is 2.75. The average Bonchev–Trinajstić information content (AvgIpc) is 3.12. The second kappa shape index (κ2) is 7.04. The van der Waals surface area contributed by atoms with Crippen LogP contribution < -0.4 is 4.74 Å². The van der Waals surface area contributed by atoms with Gasteiger partial charge in [-0.2, -0.15) is 0 Å². The highest BCUT2D eigenvalue weighted by Gasteiger charge is 2.40. The van der Waals surface area contributed by atoms with Crippen molar-refractivity contribution < 1.29 is 19.1 Å². The number of amides is 2. The topological polar surface area (TPSA) is 59.1 Å². The van der Waals surface area contributed by atoms with Crippen LogP contribution in [0.4, 0.5) is 0 Å². The summed E-state index contributed by atoms with van der Waals surface area (Å²) in [5.41, 5.74) is 1.06. The third-order valence-corrected chi connectivity index (χ3v) is 5.32. The third kappa shape index (κ3) is 3.23. The molecule has 0 spiro atoms. The molecule has 1 aromatic rings. The molecule has 0 unspecified atom stereocenters. The molecule has 2 amide bonds. The maximum Gasteiger partial charge on any atom is 0.264 e. The number of carbonyl (C=O) groups excluding carboxylic acids is 2. The number of benzene rings is 1. The first-order valence-corrected chi connectivity index (χ1v) is 9.15. The minimum Gasteiger partial charge on any atom is -0.480 e. The Labute approximate surface area is 147 Å². The zero-order chi connectivity index (χ0) is 17.2. The minimum absolute atomic E-state index is 0.0532. The summed E-state index contributed by atoms with van der Waals surface area (Å²) in [4.78, 5) is 29.6. The lowest BCUT2D eigenvalue weighted by atomic mass is 9.99. The maximum atomic E-state index is 13.1. The fourth-order valence-corrected chi connectivity index (χ4v) is 3.95. The number of para-hydroxylation sites is 1. The van der Waals surface area contributed by atoms with Gasteiger partial charge in [-0.3, -0.25) is 9.59 Å². The van der Waals surface area contributed by atoms with Crippen molar-refractivity contribution in [2.24, 2.45) is 0 Å². The lowest BCUT2D eigenvalue weighted by Crippen LogP contribution is -2.57. The van der Waals surface area contributed by atoms with E-state index in [9.17, 15) is 9.59 Å². The Bertz CT molecular complexity index is 632. The van der Waals surface area contributed by atoms with Crippen molar-refractivity contribution in [2.45, 2.75) is 37.8 Å². The van der Waals surface area contributed by atoms with E-state index in [1.807, 2.05) is 29.2 Å². The fourth-order valence-electron chi connectivity index (χ4n) is 3.95. The highest BCUT2D eigenvalue weighted by atomic mass is 16.5. The molecular weight excluding hydrogens is 320 g/mol. The van der Waals surface area contributed by atoms with Crippen molar-refractivity contribution in [1.29, 1.82) is 0 Å². The molecule has 2 saturated heterocycles. The average molecular weight is 344 g/mol. The number of hydrogen-bond acceptors (Lipinski definition) is 4. The van der Waals surface area contributed by atoms with Gasteiger partial charge in [0, 0.05) is 26.1 Å². The summed E-state index contributed by atoms with van der Waals surface area (Å²) in [7, 11) is 0. The Kier molecular flexibility index (Phi) is 4.61. The van der Waals surface area contributed by atoms with Gasteiger partial charge in [-0.1, -0.05) is 18.2 Å². The van der Waals surface area contributed by atoms with Gasteiger partial charge in [-0.05, 0) is 30.9 Å². The Morgan fingerprint density at radius 3 is 2.60 bits per heavy atom. The van der Waals surface area contributed by atoms with Crippen LogP contribution in [0.25, 0.3) is 0 Å². The number of nitrogens with zero attached hydrogens (tertiary/aromatic N) is 2. The zero-order valence-electron chi connectivity index (χ0n) is 14.4. The Morgan fingerprint density at radius 2 is 1.80 bits per heavy atom. The van der Waals surface area contributed by atoms with E-state index in [0.717, 1.165) is 30.6 Å². The number of hydrogen-bond donors (Lipinski definition) is 0. The fraction of sp³-hybridized carbons (Fsp3) is 0.579. The molecule has 6 heteroatoms. The number of likely N-dealkylation sites (tertiary alicyclic amines) is 1. The molecule has 2 fully saturated rings. The molecule has 3 aliphatic rings. The van der Waals surface area contributed by atoms with Crippen molar-refractivity contribution in [3.63, 3.8) is 0 Å². The molecule has 0 aliphatic carbocycles. The molecule has 25 heavy (non-hydrogen) atoms. The third-order valence-electron chi connectivity index (χ3n) is 5.32. The van der Waals surface area contributed by atoms with E-state index < -0.39 is 6.10 Å². The van der Waals surface area contributed by atoms with Crippen molar-refractivity contribution in [3.8, 4) is 5.75 Å². The minimum atomic E-state index is -0.504. The summed E-state index contributed by atoms with van der Waals surface area (Å²) in [6.45, 7) is 3.02. The first kappa shape index (κ1) is 16.4. The summed E-state index contributed by atoms with van der Waals surface area (Å²) in [6, 6.07) is 7.41. The van der Waals surface area contributed by atoms with E-state index in [0.29, 0.717) is 39.3 Å². The second-order valence-electron chi connectivity index (χ2n) is 6.90. The number of morpholine rings is 1. The molecule has 1 aromatic carbocycles. The summed E-state index contributed by atoms with van der Waals surface area (Å²) in [5.74, 6) is 0.795. The van der Waals surface area contributed by atoms with Gasteiger partial charge < -0.3 is 19.3 Å². The molecule has 2 atom stereocenters. The van der Waals surface area contributed by atoms with E-state index in [2.05, 4.69) is 0 Å². The SMILES string of the molecule is O=C([C@H]1CCCCN1C(=O)[C@H]1Cc2ccccc2O1)N1CCOCC1. The summed E-state index contributed by atoms with van der Waals surface area (Å²) < 4.78 is 11.2. The van der Waals surface area contributed by atoms with Crippen LogP contribution in [0.2, 0.25) is 0 Å². The van der Waals surface area contributed by atoms with Crippen molar-refractivity contribution in [3.05, 3.63) is 29.8 Å². The van der Waals surface area contributed by atoms with Gasteiger partial charge >= 0.3 is 0 Å². The molecule has 3 aliphatic heterocycles. The molecule has 3 heterocycles. The van der Waals surface area contributed by atoms with Crippen LogP contribution in [0.15, 0.2) is 24.3 Å². The van der Waals surface area contributed by atoms with Crippen LogP contribution in [0.1, 0.15) is 24.8 Å². The molecule has 0 radical (unpaired) electrons. The van der Waals surface area contributed by atoms with Crippen LogP contribution in [0.5, 0.6) is 5.75 Å². The molecule has 0 N–H and O–H groups in total. The molecule has 134 valence electrons. The van der Waals surface area contributed by atoms with Gasteiger partial charge in [0.2, 0.25) is 5.91 Å². The van der Waals surface area contributed by atoms with Gasteiger partial charge in [-0.25, -0.2) is 0 Å². The first-order valence-electron chi connectivity index (χ1n) is 9.15. The van der Waals surface area contributed by atoms with Crippen molar-refractivity contribution >= 4 is 11.8 Å². The van der Waals surface area contributed by atoms with Crippen LogP contribution in [0.3, 0.4) is 0 Å². The highest BCUT2D eigenvalue weighted by Crippen LogP contribution is 2.30. The standard InChI is InChI=1S/C19H24N2O4/c22-18(20-9-11-24-12-10-20)15-6-3-4-8-21(15)19(23)17-13-14-5-1-2-7-16(14)25-17/h1-2,5,7,15,17H,3-4,6,8-13H2/t15-,17-/m1/s1. The lowest BCUT2D eigenvalue weighted by Gasteiger charge is -2.39. The molecule has 6 nitrogen and oxygen atoms in total. The van der Waals surface area contributed by atoms with Gasteiger partial charge in [-0.15, -0.1) is 0 Å². The normalized spacial score (nSPS) is 26.1. The predicted molar refractivity (Wildman–Crippen MR) is 91.3 cm³/mol. The van der Waals surface area contributed by atoms with Crippen LogP contribution in [-0.2, 0) is 20.7 Å². The number of fused-ring (bicyclic) bond motifs is 1. The number of carbonyl (C=O) groups is 2. The van der Waals surface area contributed by atoms with Gasteiger partial charge in [0.25, 0.3) is 5.91 Å². The number of piperidine rings is 1. The number of rotatable bonds is 2. The smallest absolute Gasteiger partial charge is 0.264 e. The van der Waals surface area contributed by atoms with Crippen molar-refractivity contribution in [1.82, 2.24) is 9.80 Å². The van der Waals surface area contributed by atoms with Crippen LogP contribution in [-0.4, -0.2) is 66.6 Å². The van der Waals surface area contributed by atoms with E-state index >= 15 is 0 Å². The second-order valence-corrected chi connectivity index (χ2v) is 6.90.